The lowest BCUT2D eigenvalue weighted by Gasteiger charge is -2.11. The van der Waals surface area contributed by atoms with E-state index in [0.29, 0.717) is 11.3 Å². The van der Waals surface area contributed by atoms with Gasteiger partial charge in [-0.3, -0.25) is 9.59 Å². The molecule has 0 heterocycles. The fourth-order valence-electron chi connectivity index (χ4n) is 2.11. The van der Waals surface area contributed by atoms with Crippen molar-refractivity contribution in [3.63, 3.8) is 0 Å². The number of carbonyl (C=O) groups is 2. The summed E-state index contributed by atoms with van der Waals surface area (Å²) in [4.78, 5) is 23.4. The molecular weight excluding hydrogens is 352 g/mol. The number of sulfone groups is 1. The summed E-state index contributed by atoms with van der Waals surface area (Å²) in [5, 5.41) is 2.69. The van der Waals surface area contributed by atoms with Crippen LogP contribution in [0.25, 0.3) is 0 Å². The van der Waals surface area contributed by atoms with Crippen molar-refractivity contribution in [3.05, 3.63) is 58.6 Å². The predicted molar refractivity (Wildman–Crippen MR) is 91.9 cm³/mol. The maximum Gasteiger partial charge on any atom is 0.255 e. The maximum atomic E-state index is 12.4. The number of carbonyl (C=O) groups excluding carboxylic acids is 2. The number of rotatable bonds is 5. The SMILES string of the molecule is CS(=O)(=O)c1cc(C(=O)Nc2ccccc2CC(N)=O)ccc1Cl. The molecule has 0 saturated heterocycles. The molecule has 2 rings (SSSR count). The average molecular weight is 367 g/mol. The lowest BCUT2D eigenvalue weighted by molar-refractivity contribution is -0.117. The summed E-state index contributed by atoms with van der Waals surface area (Å²) < 4.78 is 23.4. The predicted octanol–water partition coefficient (Wildman–Crippen LogP) is 2.02. The summed E-state index contributed by atoms with van der Waals surface area (Å²) in [6.45, 7) is 0. The van der Waals surface area contributed by atoms with Gasteiger partial charge >= 0.3 is 0 Å². The molecule has 0 radical (unpaired) electrons. The Kier molecular flexibility index (Phi) is 5.26. The molecule has 0 saturated carbocycles. The fourth-order valence-corrected chi connectivity index (χ4v) is 3.41. The van der Waals surface area contributed by atoms with Crippen molar-refractivity contribution in [1.82, 2.24) is 0 Å². The van der Waals surface area contributed by atoms with Crippen LogP contribution in [0.4, 0.5) is 5.69 Å². The van der Waals surface area contributed by atoms with Crippen molar-refractivity contribution in [3.8, 4) is 0 Å². The van der Waals surface area contributed by atoms with Crippen LogP contribution in [-0.4, -0.2) is 26.5 Å². The Hall–Kier alpha value is -2.38. The third-order valence-corrected chi connectivity index (χ3v) is 4.80. The largest absolute Gasteiger partial charge is 0.369 e. The van der Waals surface area contributed by atoms with E-state index in [1.807, 2.05) is 0 Å². The maximum absolute atomic E-state index is 12.4. The zero-order chi connectivity index (χ0) is 17.9. The van der Waals surface area contributed by atoms with E-state index in [2.05, 4.69) is 5.32 Å². The molecule has 0 bridgehead atoms. The Morgan fingerprint density at radius 2 is 1.83 bits per heavy atom. The number of benzene rings is 2. The fraction of sp³-hybridized carbons (Fsp3) is 0.125. The molecule has 2 aromatic carbocycles. The summed E-state index contributed by atoms with van der Waals surface area (Å²) in [6, 6.07) is 10.7. The molecule has 2 aromatic rings. The Balaban J connectivity index is 2.33. The standard InChI is InChI=1S/C16H15ClN2O4S/c1-24(22,23)14-8-11(6-7-12(14)17)16(21)19-13-5-3-2-4-10(13)9-15(18)20/h2-8H,9H2,1H3,(H2,18,20)(H,19,21). The van der Waals surface area contributed by atoms with Crippen LogP contribution in [0, 0.1) is 0 Å². The van der Waals surface area contributed by atoms with E-state index in [1.54, 1.807) is 24.3 Å². The van der Waals surface area contributed by atoms with E-state index in [0.717, 1.165) is 6.26 Å². The zero-order valence-electron chi connectivity index (χ0n) is 12.7. The first-order valence-electron chi connectivity index (χ1n) is 6.85. The number of primary amides is 1. The molecular formula is C16H15ClN2O4S. The molecule has 3 N–H and O–H groups in total. The summed E-state index contributed by atoms with van der Waals surface area (Å²) >= 11 is 5.87. The van der Waals surface area contributed by atoms with Gasteiger partial charge in [-0.05, 0) is 29.8 Å². The molecule has 0 aliphatic heterocycles. The number of nitrogens with one attached hydrogen (secondary N) is 1. The molecule has 8 heteroatoms. The van der Waals surface area contributed by atoms with Crippen molar-refractivity contribution in [2.75, 3.05) is 11.6 Å². The van der Waals surface area contributed by atoms with Gasteiger partial charge in [0, 0.05) is 17.5 Å². The van der Waals surface area contributed by atoms with Gasteiger partial charge in [0.1, 0.15) is 0 Å². The minimum atomic E-state index is -3.56. The zero-order valence-corrected chi connectivity index (χ0v) is 14.3. The van der Waals surface area contributed by atoms with Crippen LogP contribution in [-0.2, 0) is 21.1 Å². The minimum Gasteiger partial charge on any atom is -0.369 e. The number of hydrogen-bond donors (Lipinski definition) is 2. The van der Waals surface area contributed by atoms with Gasteiger partial charge in [0.2, 0.25) is 5.91 Å². The van der Waals surface area contributed by atoms with E-state index in [-0.39, 0.29) is 21.9 Å². The molecule has 0 aliphatic rings. The highest BCUT2D eigenvalue weighted by Gasteiger charge is 2.16. The van der Waals surface area contributed by atoms with Crippen molar-refractivity contribution >= 4 is 38.9 Å². The Morgan fingerprint density at radius 1 is 1.17 bits per heavy atom. The smallest absolute Gasteiger partial charge is 0.255 e. The molecule has 0 aromatic heterocycles. The summed E-state index contributed by atoms with van der Waals surface area (Å²) in [5.74, 6) is -1.05. The second-order valence-corrected chi connectivity index (χ2v) is 7.56. The molecule has 0 fully saturated rings. The Bertz CT molecular complexity index is 910. The lowest BCUT2D eigenvalue weighted by Crippen LogP contribution is -2.18. The third kappa shape index (κ3) is 4.33. The van der Waals surface area contributed by atoms with Crippen LogP contribution in [0.3, 0.4) is 0 Å². The average Bonchev–Trinajstić information content (AvgIpc) is 2.48. The highest BCUT2D eigenvalue weighted by atomic mass is 35.5. The van der Waals surface area contributed by atoms with Crippen LogP contribution < -0.4 is 11.1 Å². The second-order valence-electron chi connectivity index (χ2n) is 5.17. The highest BCUT2D eigenvalue weighted by molar-refractivity contribution is 7.90. The normalized spacial score (nSPS) is 11.1. The van der Waals surface area contributed by atoms with Gasteiger partial charge in [0.15, 0.2) is 9.84 Å². The van der Waals surface area contributed by atoms with Crippen molar-refractivity contribution < 1.29 is 18.0 Å². The van der Waals surface area contributed by atoms with Gasteiger partial charge in [-0.2, -0.15) is 0 Å². The number of para-hydroxylation sites is 1. The van der Waals surface area contributed by atoms with Crippen molar-refractivity contribution in [2.45, 2.75) is 11.3 Å². The van der Waals surface area contributed by atoms with Gasteiger partial charge in [-0.25, -0.2) is 8.42 Å². The summed E-state index contributed by atoms with van der Waals surface area (Å²) in [7, 11) is -3.56. The molecule has 0 atom stereocenters. The number of hydrogen-bond acceptors (Lipinski definition) is 4. The van der Waals surface area contributed by atoms with Gasteiger partial charge in [-0.1, -0.05) is 29.8 Å². The topological polar surface area (TPSA) is 106 Å². The van der Waals surface area contributed by atoms with Gasteiger partial charge in [-0.15, -0.1) is 0 Å². The van der Waals surface area contributed by atoms with Gasteiger partial charge < -0.3 is 11.1 Å². The van der Waals surface area contributed by atoms with Crippen LogP contribution in [0.5, 0.6) is 0 Å². The van der Waals surface area contributed by atoms with Crippen molar-refractivity contribution in [2.24, 2.45) is 5.73 Å². The monoisotopic (exact) mass is 366 g/mol. The van der Waals surface area contributed by atoms with Crippen LogP contribution >= 0.6 is 11.6 Å². The minimum absolute atomic E-state index is 0.0222. The molecule has 126 valence electrons. The Labute approximate surface area is 144 Å². The van der Waals surface area contributed by atoms with Gasteiger partial charge in [0.05, 0.1) is 16.3 Å². The second kappa shape index (κ2) is 7.02. The summed E-state index contributed by atoms with van der Waals surface area (Å²) in [6.07, 6.45) is 0.990. The third-order valence-electron chi connectivity index (χ3n) is 3.22. The molecule has 0 spiro atoms. The van der Waals surface area contributed by atoms with E-state index < -0.39 is 21.7 Å². The van der Waals surface area contributed by atoms with Gasteiger partial charge in [0.25, 0.3) is 5.91 Å². The highest BCUT2D eigenvalue weighted by Crippen LogP contribution is 2.23. The Morgan fingerprint density at radius 3 is 2.46 bits per heavy atom. The number of halogens is 1. The number of anilines is 1. The number of amides is 2. The molecule has 24 heavy (non-hydrogen) atoms. The lowest BCUT2D eigenvalue weighted by atomic mass is 10.1. The van der Waals surface area contributed by atoms with E-state index in [1.165, 1.54) is 18.2 Å². The first-order valence-corrected chi connectivity index (χ1v) is 9.12. The van der Waals surface area contributed by atoms with Crippen LogP contribution in [0.2, 0.25) is 5.02 Å². The summed E-state index contributed by atoms with van der Waals surface area (Å²) in [5.41, 5.74) is 6.31. The van der Waals surface area contributed by atoms with Crippen LogP contribution in [0.15, 0.2) is 47.4 Å². The first-order chi connectivity index (χ1) is 11.2. The van der Waals surface area contributed by atoms with E-state index in [9.17, 15) is 18.0 Å². The number of nitrogens with two attached hydrogens (primary N) is 1. The molecule has 0 aliphatic carbocycles. The van der Waals surface area contributed by atoms with E-state index >= 15 is 0 Å². The molecule has 0 unspecified atom stereocenters. The molecule has 6 nitrogen and oxygen atoms in total. The van der Waals surface area contributed by atoms with E-state index in [4.69, 9.17) is 17.3 Å². The quantitative estimate of drug-likeness (QED) is 0.844. The van der Waals surface area contributed by atoms with Crippen LogP contribution in [0.1, 0.15) is 15.9 Å². The molecule has 2 amide bonds. The first kappa shape index (κ1) is 18.0. The van der Waals surface area contributed by atoms with Crippen molar-refractivity contribution in [1.29, 1.82) is 0 Å².